The lowest BCUT2D eigenvalue weighted by Crippen LogP contribution is -2.50. The van der Waals surface area contributed by atoms with Crippen molar-refractivity contribution in [2.45, 2.75) is 6.42 Å². The van der Waals surface area contributed by atoms with Gasteiger partial charge in [0.05, 0.1) is 11.6 Å². The Balaban J connectivity index is 1.54. The molecule has 0 aromatic heterocycles. The molecule has 1 unspecified atom stereocenters. The largest absolute Gasteiger partial charge is 0.354 e. The molecule has 0 radical (unpaired) electrons. The molecule has 7 heteroatoms. The molecule has 4 amide bonds. The molecule has 1 N–H and O–H groups in total. The van der Waals surface area contributed by atoms with Crippen molar-refractivity contribution in [3.8, 4) is 0 Å². The van der Waals surface area contributed by atoms with Crippen LogP contribution in [0.2, 0.25) is 5.02 Å². The van der Waals surface area contributed by atoms with Crippen LogP contribution in [0.4, 0.5) is 4.79 Å². The summed E-state index contributed by atoms with van der Waals surface area (Å²) in [6, 6.07) is 6.62. The summed E-state index contributed by atoms with van der Waals surface area (Å²) in [6.07, 6.45) is 7.36. The van der Waals surface area contributed by atoms with Crippen LogP contribution in [0.25, 0.3) is 0 Å². The molecule has 3 rings (SSSR count). The molecule has 128 valence electrons. The van der Waals surface area contributed by atoms with E-state index < -0.39 is 23.8 Å². The molecule has 2 aliphatic rings. The first-order chi connectivity index (χ1) is 12.0. The molecule has 0 fully saturated rings. The van der Waals surface area contributed by atoms with Gasteiger partial charge in [-0.2, -0.15) is 4.99 Å². The van der Waals surface area contributed by atoms with E-state index in [1.807, 2.05) is 12.1 Å². The molecule has 1 aliphatic carbocycles. The number of fused-ring (bicyclic) bond motifs is 1. The first-order valence-electron chi connectivity index (χ1n) is 7.84. The number of carbonyl (C=O) groups excluding carboxylic acids is 3. The van der Waals surface area contributed by atoms with Crippen molar-refractivity contribution >= 4 is 35.2 Å². The topological polar surface area (TPSA) is 78.8 Å². The maximum atomic E-state index is 12.4. The summed E-state index contributed by atoms with van der Waals surface area (Å²) in [4.78, 5) is 41.2. The average Bonchev–Trinajstić information content (AvgIpc) is 2.60. The second kappa shape index (κ2) is 7.44. The van der Waals surface area contributed by atoms with Gasteiger partial charge in [-0.1, -0.05) is 42.0 Å². The first kappa shape index (κ1) is 17.1. The lowest BCUT2D eigenvalue weighted by atomic mass is 9.95. The zero-order chi connectivity index (χ0) is 17.8. The molecule has 0 bridgehead atoms. The zero-order valence-corrected chi connectivity index (χ0v) is 14.1. The molecule has 1 atom stereocenters. The first-order valence-corrected chi connectivity index (χ1v) is 8.22. The van der Waals surface area contributed by atoms with Gasteiger partial charge in [-0.05, 0) is 30.2 Å². The van der Waals surface area contributed by atoms with E-state index in [1.54, 1.807) is 36.4 Å². The maximum absolute atomic E-state index is 12.4. The van der Waals surface area contributed by atoms with Gasteiger partial charge in [0.1, 0.15) is 6.54 Å². The molecule has 25 heavy (non-hydrogen) atoms. The number of hydrogen-bond acceptors (Lipinski definition) is 3. The Labute approximate surface area is 149 Å². The number of carbonyl (C=O) groups is 3. The number of benzene rings is 1. The van der Waals surface area contributed by atoms with Gasteiger partial charge in [-0.3, -0.25) is 14.5 Å². The molecule has 1 aliphatic heterocycles. The molecular formula is C18H16ClN3O3. The summed E-state index contributed by atoms with van der Waals surface area (Å²) in [5.74, 6) is -1.42. The molecule has 1 aromatic rings. The van der Waals surface area contributed by atoms with Crippen LogP contribution >= 0.6 is 11.6 Å². The van der Waals surface area contributed by atoms with Gasteiger partial charge in [0.15, 0.2) is 0 Å². The monoisotopic (exact) mass is 357 g/mol. The minimum atomic E-state index is -0.705. The van der Waals surface area contributed by atoms with Gasteiger partial charge in [0.25, 0.3) is 0 Å². The molecule has 0 saturated heterocycles. The molecular weight excluding hydrogens is 342 g/mol. The van der Waals surface area contributed by atoms with Crippen LogP contribution in [-0.2, 0) is 16.0 Å². The fourth-order valence-electron chi connectivity index (χ4n) is 2.62. The summed E-state index contributed by atoms with van der Waals surface area (Å²) < 4.78 is 0. The summed E-state index contributed by atoms with van der Waals surface area (Å²) in [7, 11) is 0. The number of hydrogen-bond donors (Lipinski definition) is 1. The lowest BCUT2D eigenvalue weighted by Gasteiger charge is -2.27. The highest BCUT2D eigenvalue weighted by Gasteiger charge is 2.36. The molecule has 1 aromatic carbocycles. The van der Waals surface area contributed by atoms with Crippen LogP contribution in [0.15, 0.2) is 53.6 Å². The summed E-state index contributed by atoms with van der Waals surface area (Å²) >= 11 is 5.82. The Morgan fingerprint density at radius 3 is 2.72 bits per heavy atom. The van der Waals surface area contributed by atoms with Gasteiger partial charge in [0.2, 0.25) is 11.8 Å². The van der Waals surface area contributed by atoms with E-state index in [0.29, 0.717) is 23.7 Å². The van der Waals surface area contributed by atoms with Crippen molar-refractivity contribution in [2.24, 2.45) is 10.9 Å². The Morgan fingerprint density at radius 2 is 1.96 bits per heavy atom. The second-order valence-electron chi connectivity index (χ2n) is 5.69. The van der Waals surface area contributed by atoms with Crippen LogP contribution in [-0.4, -0.2) is 41.5 Å². The highest BCUT2D eigenvalue weighted by Crippen LogP contribution is 2.19. The van der Waals surface area contributed by atoms with Crippen molar-refractivity contribution in [3.05, 3.63) is 59.2 Å². The number of urea groups is 1. The summed E-state index contributed by atoms with van der Waals surface area (Å²) in [5, 5.41) is 3.36. The van der Waals surface area contributed by atoms with Gasteiger partial charge in [-0.15, -0.1) is 0 Å². The lowest BCUT2D eigenvalue weighted by molar-refractivity contribution is -0.134. The fraction of sp³-hybridized carbons (Fsp3) is 0.222. The minimum absolute atomic E-state index is 0.330. The van der Waals surface area contributed by atoms with E-state index in [9.17, 15) is 14.4 Å². The number of nitrogens with one attached hydrogen (secondary N) is 1. The quantitative estimate of drug-likeness (QED) is 0.876. The van der Waals surface area contributed by atoms with Crippen LogP contribution in [0.1, 0.15) is 5.56 Å². The van der Waals surface area contributed by atoms with Crippen molar-refractivity contribution in [1.29, 1.82) is 0 Å². The Kier molecular flexibility index (Phi) is 5.09. The Morgan fingerprint density at radius 1 is 1.20 bits per heavy atom. The van der Waals surface area contributed by atoms with Crippen molar-refractivity contribution in [3.63, 3.8) is 0 Å². The van der Waals surface area contributed by atoms with Crippen LogP contribution in [0.3, 0.4) is 0 Å². The predicted molar refractivity (Wildman–Crippen MR) is 94.5 cm³/mol. The highest BCUT2D eigenvalue weighted by atomic mass is 35.5. The van der Waals surface area contributed by atoms with Crippen molar-refractivity contribution in [1.82, 2.24) is 10.2 Å². The van der Waals surface area contributed by atoms with Gasteiger partial charge < -0.3 is 5.32 Å². The summed E-state index contributed by atoms with van der Waals surface area (Å²) in [5.41, 5.74) is 1.44. The van der Waals surface area contributed by atoms with Crippen LogP contribution in [0.5, 0.6) is 0 Å². The van der Waals surface area contributed by atoms with Crippen molar-refractivity contribution in [2.75, 3.05) is 13.1 Å². The van der Waals surface area contributed by atoms with E-state index in [2.05, 4.69) is 10.3 Å². The van der Waals surface area contributed by atoms with E-state index in [0.717, 1.165) is 10.5 Å². The van der Waals surface area contributed by atoms with Crippen LogP contribution in [0, 0.1) is 5.92 Å². The fourth-order valence-corrected chi connectivity index (χ4v) is 2.75. The number of aliphatic imine (C=N–C) groups is 1. The minimum Gasteiger partial charge on any atom is -0.354 e. The second-order valence-corrected chi connectivity index (χ2v) is 6.13. The van der Waals surface area contributed by atoms with Gasteiger partial charge >= 0.3 is 6.03 Å². The molecule has 6 nitrogen and oxygen atoms in total. The van der Waals surface area contributed by atoms with Crippen LogP contribution < -0.4 is 5.32 Å². The third kappa shape index (κ3) is 4.03. The number of nitrogens with zero attached hydrogens (tertiary/aromatic N) is 2. The Hall–Kier alpha value is -2.73. The van der Waals surface area contributed by atoms with E-state index >= 15 is 0 Å². The van der Waals surface area contributed by atoms with Gasteiger partial charge in [0, 0.05) is 11.6 Å². The third-order valence-electron chi connectivity index (χ3n) is 3.94. The van der Waals surface area contributed by atoms with E-state index in [4.69, 9.17) is 11.6 Å². The number of amides is 4. The molecule has 0 spiro atoms. The van der Waals surface area contributed by atoms with Gasteiger partial charge in [-0.25, -0.2) is 4.79 Å². The number of rotatable bonds is 5. The number of halogens is 1. The predicted octanol–water partition coefficient (Wildman–Crippen LogP) is 2.14. The van der Waals surface area contributed by atoms with Crippen molar-refractivity contribution < 1.29 is 14.4 Å². The molecule has 0 saturated carbocycles. The average molecular weight is 358 g/mol. The molecule has 1 heterocycles. The normalized spacial score (nSPS) is 18.8. The SMILES string of the molecule is O=C(CN1C(=O)N=C2C=CC=CC2C1=O)NCCc1ccc(Cl)cc1. The highest BCUT2D eigenvalue weighted by molar-refractivity contribution is 6.30. The smallest absolute Gasteiger partial charge is 0.351 e. The zero-order valence-electron chi connectivity index (χ0n) is 13.3. The third-order valence-corrected chi connectivity index (χ3v) is 4.19. The van der Waals surface area contributed by atoms with E-state index in [-0.39, 0.29) is 6.54 Å². The number of imide groups is 1. The Bertz CT molecular complexity index is 796. The van der Waals surface area contributed by atoms with E-state index in [1.165, 1.54) is 0 Å². The maximum Gasteiger partial charge on any atom is 0.351 e. The standard InChI is InChI=1S/C18H16ClN3O3/c19-13-7-5-12(6-8-13)9-10-20-16(23)11-22-17(24)14-3-1-2-4-15(14)21-18(22)25/h1-8,14H,9-11H2,(H,20,23). The summed E-state index contributed by atoms with van der Waals surface area (Å²) in [6.45, 7) is 0.0698. The number of allylic oxidation sites excluding steroid dienone is 3.